The van der Waals surface area contributed by atoms with Gasteiger partial charge in [0.05, 0.1) is 35.8 Å². The molecule has 1 amide bonds. The van der Waals surface area contributed by atoms with Gasteiger partial charge in [0.15, 0.2) is 5.72 Å². The molecule has 4 rings (SSSR count). The number of fused-ring (bicyclic) bond motifs is 4. The van der Waals surface area contributed by atoms with Gasteiger partial charge in [-0.3, -0.25) is 9.59 Å². The minimum atomic E-state index is -0.988. The first-order valence-electron chi connectivity index (χ1n) is 9.04. The fourth-order valence-corrected chi connectivity index (χ4v) is 4.75. The Labute approximate surface area is 161 Å². The Morgan fingerprint density at radius 3 is 2.86 bits per heavy atom. The highest BCUT2D eigenvalue weighted by molar-refractivity contribution is 6.25. The van der Waals surface area contributed by atoms with Crippen molar-refractivity contribution < 1.29 is 23.9 Å². The number of allylic oxidation sites excluding steroid dienone is 2. The molecule has 0 unspecified atom stereocenters. The van der Waals surface area contributed by atoms with Gasteiger partial charge >= 0.3 is 6.09 Å². The van der Waals surface area contributed by atoms with E-state index in [1.54, 1.807) is 6.92 Å². The molecule has 0 aromatic carbocycles. The zero-order chi connectivity index (χ0) is 20.2. The predicted molar refractivity (Wildman–Crippen MR) is 94.2 cm³/mol. The monoisotopic (exact) mass is 387 g/mol. The summed E-state index contributed by atoms with van der Waals surface area (Å²) in [5, 5.41) is 15.0. The second kappa shape index (κ2) is 6.32. The molecule has 1 aliphatic carbocycles. The van der Waals surface area contributed by atoms with Crippen LogP contribution in [0.25, 0.3) is 0 Å². The Morgan fingerprint density at radius 1 is 1.46 bits per heavy atom. The van der Waals surface area contributed by atoms with E-state index in [1.165, 1.54) is 7.11 Å². The fourth-order valence-electron chi connectivity index (χ4n) is 4.75. The van der Waals surface area contributed by atoms with Gasteiger partial charge in [0.2, 0.25) is 11.6 Å². The second-order valence-electron chi connectivity index (χ2n) is 7.26. The average molecular weight is 387 g/mol. The molecular weight excluding hydrogens is 366 g/mol. The number of nitrogens with two attached hydrogens (primary N) is 1. The Kier molecular flexibility index (Phi) is 4.17. The molecular formula is C18H21N5O5. The third kappa shape index (κ3) is 2.30. The van der Waals surface area contributed by atoms with Crippen LogP contribution in [0.5, 0.6) is 0 Å². The number of ether oxygens (including phenoxy) is 2. The van der Waals surface area contributed by atoms with Crippen LogP contribution in [-0.2, 0) is 19.1 Å². The third-order valence-corrected chi connectivity index (χ3v) is 5.97. The van der Waals surface area contributed by atoms with Crippen LogP contribution in [0.4, 0.5) is 4.79 Å². The van der Waals surface area contributed by atoms with Gasteiger partial charge in [-0.2, -0.15) is 5.26 Å². The maximum atomic E-state index is 13.3. The van der Waals surface area contributed by atoms with Crippen molar-refractivity contribution in [1.29, 1.82) is 5.26 Å². The molecule has 2 fully saturated rings. The number of nitrogens with one attached hydrogen (secondary N) is 2. The quantitative estimate of drug-likeness (QED) is 0.292. The Balaban J connectivity index is 1.76. The van der Waals surface area contributed by atoms with Crippen LogP contribution in [0.2, 0.25) is 0 Å². The van der Waals surface area contributed by atoms with E-state index in [4.69, 9.17) is 20.5 Å². The van der Waals surface area contributed by atoms with Crippen LogP contribution in [-0.4, -0.2) is 67.2 Å². The van der Waals surface area contributed by atoms with Crippen molar-refractivity contribution in [2.75, 3.05) is 26.8 Å². The van der Waals surface area contributed by atoms with Gasteiger partial charge in [0.1, 0.15) is 6.61 Å². The maximum absolute atomic E-state index is 13.3. The summed E-state index contributed by atoms with van der Waals surface area (Å²) in [5.41, 5.74) is 5.21. The molecule has 4 N–H and O–H groups in total. The molecule has 28 heavy (non-hydrogen) atoms. The van der Waals surface area contributed by atoms with Crippen molar-refractivity contribution in [1.82, 2.24) is 15.5 Å². The first-order valence-corrected chi connectivity index (χ1v) is 9.04. The van der Waals surface area contributed by atoms with Crippen LogP contribution < -0.4 is 16.4 Å². The SMILES string of the molecule is CO[C@@]12[C@@H]3N[C@@H]3CN1C1=C(C(=O)C(NCCC#N)=C(C)C1=O)[C@@H]2COC(N)=O. The van der Waals surface area contributed by atoms with E-state index in [2.05, 4.69) is 10.6 Å². The number of carbonyl (C=O) groups is 3. The fraction of sp³-hybridized carbons (Fsp3) is 0.556. The lowest BCUT2D eigenvalue weighted by atomic mass is 9.82. The van der Waals surface area contributed by atoms with Crippen molar-refractivity contribution in [3.8, 4) is 6.07 Å². The number of hydrogen-bond acceptors (Lipinski definition) is 9. The second-order valence-corrected chi connectivity index (χ2v) is 7.26. The van der Waals surface area contributed by atoms with Gasteiger partial charge < -0.3 is 30.7 Å². The van der Waals surface area contributed by atoms with E-state index >= 15 is 0 Å². The zero-order valence-corrected chi connectivity index (χ0v) is 15.6. The number of hydrogen-bond donors (Lipinski definition) is 3. The minimum absolute atomic E-state index is 0.0829. The van der Waals surface area contributed by atoms with E-state index < -0.39 is 17.7 Å². The summed E-state index contributed by atoms with van der Waals surface area (Å²) >= 11 is 0. The van der Waals surface area contributed by atoms with E-state index in [0.717, 1.165) is 0 Å². The number of amides is 1. The standard InChI is InChI=1S/C18H21N5O5/c1-8-12(21-5-3-4-19)15(25)11-9(7-28-17(20)26)18(27-2)16-10(22-16)6-23(18)13(11)14(8)24/h9-10,16,21-22H,3,5-7H2,1-2H3,(H2,20,26)/t9-,10+,16+,18-/m0/s1. The van der Waals surface area contributed by atoms with Gasteiger partial charge in [-0.25, -0.2) is 4.79 Å². The van der Waals surface area contributed by atoms with E-state index in [9.17, 15) is 14.4 Å². The van der Waals surface area contributed by atoms with Crippen LogP contribution in [0.3, 0.4) is 0 Å². The number of nitriles is 1. The first kappa shape index (κ1) is 18.5. The Morgan fingerprint density at radius 2 is 2.21 bits per heavy atom. The molecule has 148 valence electrons. The molecule has 0 bridgehead atoms. The van der Waals surface area contributed by atoms with Crippen molar-refractivity contribution in [3.63, 3.8) is 0 Å². The summed E-state index contributed by atoms with van der Waals surface area (Å²) in [7, 11) is 1.52. The van der Waals surface area contributed by atoms with Crippen molar-refractivity contribution in [3.05, 3.63) is 22.5 Å². The number of primary amides is 1. The van der Waals surface area contributed by atoms with Crippen LogP contribution in [0.1, 0.15) is 13.3 Å². The number of nitrogens with zero attached hydrogens (tertiary/aromatic N) is 2. The topological polar surface area (TPSA) is 157 Å². The molecule has 3 aliphatic heterocycles. The molecule has 10 nitrogen and oxygen atoms in total. The molecule has 0 aromatic heterocycles. The number of piperazine rings is 1. The Bertz CT molecular complexity index is 887. The van der Waals surface area contributed by atoms with Crippen LogP contribution >= 0.6 is 0 Å². The highest BCUT2D eigenvalue weighted by Gasteiger charge is 2.72. The molecule has 3 heterocycles. The molecule has 0 saturated carbocycles. The minimum Gasteiger partial charge on any atom is -0.449 e. The van der Waals surface area contributed by atoms with Crippen LogP contribution in [0, 0.1) is 17.2 Å². The molecule has 0 aromatic rings. The van der Waals surface area contributed by atoms with Gasteiger partial charge in [0, 0.05) is 37.4 Å². The molecule has 4 atom stereocenters. The summed E-state index contributed by atoms with van der Waals surface area (Å²) in [6.45, 7) is 2.19. The Hall–Kier alpha value is -2.90. The van der Waals surface area contributed by atoms with E-state index in [0.29, 0.717) is 17.8 Å². The third-order valence-electron chi connectivity index (χ3n) is 5.97. The van der Waals surface area contributed by atoms with Gasteiger partial charge in [-0.15, -0.1) is 0 Å². The number of carbonyl (C=O) groups excluding carboxylic acids is 3. The number of methoxy groups -OCH3 is 1. The highest BCUT2D eigenvalue weighted by Crippen LogP contribution is 2.55. The summed E-state index contributed by atoms with van der Waals surface area (Å²) in [6, 6.07) is 2.06. The first-order chi connectivity index (χ1) is 13.4. The van der Waals surface area contributed by atoms with Crippen molar-refractivity contribution >= 4 is 17.7 Å². The molecule has 0 spiro atoms. The molecule has 4 aliphatic rings. The summed E-state index contributed by atoms with van der Waals surface area (Å²) in [5.74, 6) is -1.27. The molecule has 10 heteroatoms. The normalized spacial score (nSPS) is 32.8. The van der Waals surface area contributed by atoms with Gasteiger partial charge in [-0.05, 0) is 6.92 Å². The summed E-state index contributed by atoms with van der Waals surface area (Å²) in [4.78, 5) is 39.6. The molecule has 0 radical (unpaired) electrons. The van der Waals surface area contributed by atoms with Crippen molar-refractivity contribution in [2.24, 2.45) is 11.7 Å². The lowest BCUT2D eigenvalue weighted by Gasteiger charge is -2.39. The number of rotatable bonds is 6. The number of Topliss-reactive ketones (excluding diaryl/α,β-unsaturated/α-hetero) is 2. The maximum Gasteiger partial charge on any atom is 0.404 e. The highest BCUT2D eigenvalue weighted by atomic mass is 16.6. The smallest absolute Gasteiger partial charge is 0.404 e. The summed E-state index contributed by atoms with van der Waals surface area (Å²) < 4.78 is 10.9. The lowest BCUT2D eigenvalue weighted by Crippen LogP contribution is -2.55. The number of ketones is 2. The lowest BCUT2D eigenvalue weighted by molar-refractivity contribution is -0.137. The van der Waals surface area contributed by atoms with Crippen molar-refractivity contribution in [2.45, 2.75) is 31.2 Å². The van der Waals surface area contributed by atoms with Gasteiger partial charge in [0.25, 0.3) is 0 Å². The summed E-state index contributed by atoms with van der Waals surface area (Å²) in [6.07, 6.45) is -0.765. The van der Waals surface area contributed by atoms with Gasteiger partial charge in [-0.1, -0.05) is 0 Å². The largest absolute Gasteiger partial charge is 0.449 e. The average Bonchev–Trinajstić information content (AvgIpc) is 3.27. The predicted octanol–water partition coefficient (Wildman–Crippen LogP) is -1.11. The van der Waals surface area contributed by atoms with Crippen LogP contribution in [0.15, 0.2) is 22.5 Å². The van der Waals surface area contributed by atoms with E-state index in [1.807, 2.05) is 11.0 Å². The molecule has 2 saturated heterocycles. The van der Waals surface area contributed by atoms with E-state index in [-0.39, 0.29) is 54.5 Å². The zero-order valence-electron chi connectivity index (χ0n) is 15.6.